The monoisotopic (exact) mass is 386 g/mol. The molecule has 3 atom stereocenters. The molecule has 7 nitrogen and oxygen atoms in total. The lowest BCUT2D eigenvalue weighted by atomic mass is 9.93. The number of amides is 3. The lowest BCUT2D eigenvalue weighted by Gasteiger charge is -2.39. The third-order valence-corrected chi connectivity index (χ3v) is 6.10. The maximum absolute atomic E-state index is 12.3. The molecule has 1 N–H and O–H groups in total. The van der Waals surface area contributed by atoms with Gasteiger partial charge in [0.25, 0.3) is 0 Å². The molecule has 28 heavy (non-hydrogen) atoms. The van der Waals surface area contributed by atoms with Gasteiger partial charge in [0.05, 0.1) is 0 Å². The second-order valence-electron chi connectivity index (χ2n) is 9.29. The van der Waals surface area contributed by atoms with Crippen LogP contribution in [0.3, 0.4) is 0 Å². The number of ether oxygens (including phenoxy) is 1. The molecule has 3 heterocycles. The van der Waals surface area contributed by atoms with Crippen LogP contribution in [0.15, 0.2) is 24.5 Å². The minimum Gasteiger partial charge on any atom is -0.444 e. The van der Waals surface area contributed by atoms with E-state index < -0.39 is 5.60 Å². The Balaban J connectivity index is 1.11. The van der Waals surface area contributed by atoms with Crippen molar-refractivity contribution >= 4 is 12.1 Å². The Labute approximate surface area is 166 Å². The zero-order valence-electron chi connectivity index (χ0n) is 16.9. The molecular formula is C21H30N4O3. The van der Waals surface area contributed by atoms with Crippen LogP contribution in [0.2, 0.25) is 0 Å². The molecule has 1 aromatic heterocycles. The van der Waals surface area contributed by atoms with Crippen molar-refractivity contribution in [2.24, 2.45) is 17.8 Å². The number of likely N-dealkylation sites (tertiary alicyclic amines) is 2. The van der Waals surface area contributed by atoms with Crippen LogP contribution in [-0.4, -0.2) is 65.2 Å². The van der Waals surface area contributed by atoms with E-state index in [1.165, 1.54) is 5.56 Å². The number of aromatic nitrogens is 1. The Morgan fingerprint density at radius 3 is 2.50 bits per heavy atom. The number of carbonyl (C=O) groups is 2. The summed E-state index contributed by atoms with van der Waals surface area (Å²) in [5, 5.41) is 3.05. The van der Waals surface area contributed by atoms with Crippen LogP contribution in [0, 0.1) is 17.8 Å². The molecule has 152 valence electrons. The van der Waals surface area contributed by atoms with Crippen molar-refractivity contribution in [1.29, 1.82) is 0 Å². The van der Waals surface area contributed by atoms with Crippen LogP contribution in [0.4, 0.5) is 9.59 Å². The first-order valence-corrected chi connectivity index (χ1v) is 10.2. The molecule has 3 aliphatic rings. The number of nitrogens with zero attached hydrogens (tertiary/aromatic N) is 3. The number of urea groups is 1. The smallest absolute Gasteiger partial charge is 0.410 e. The minimum atomic E-state index is -0.444. The molecule has 0 radical (unpaired) electrons. The van der Waals surface area contributed by atoms with Crippen LogP contribution in [0.1, 0.15) is 38.7 Å². The quantitative estimate of drug-likeness (QED) is 0.863. The molecular weight excluding hydrogens is 356 g/mol. The average molecular weight is 386 g/mol. The Morgan fingerprint density at radius 1 is 1.18 bits per heavy atom. The summed E-state index contributed by atoms with van der Waals surface area (Å²) in [7, 11) is 0. The second-order valence-corrected chi connectivity index (χ2v) is 9.29. The van der Waals surface area contributed by atoms with Crippen molar-refractivity contribution < 1.29 is 14.3 Å². The standard InChI is InChI=1S/C21H30N4O3/c1-21(2,3)28-20(27)25-12-17-16(18(17)13-25)6-8-23-19(26)24-10-15(11-24)14-5-4-7-22-9-14/h4-5,7,9,15-18H,6,8,10-13H2,1-3H3,(H,23,26)/t16?,17-,18+. The number of fused-ring (bicyclic) bond motifs is 1. The molecule has 3 fully saturated rings. The van der Waals surface area contributed by atoms with Gasteiger partial charge in [0.1, 0.15) is 5.60 Å². The average Bonchev–Trinajstić information content (AvgIpc) is 3.03. The third kappa shape index (κ3) is 4.08. The highest BCUT2D eigenvalue weighted by Gasteiger charge is 2.56. The predicted octanol–water partition coefficient (Wildman–Crippen LogP) is 2.69. The van der Waals surface area contributed by atoms with Crippen LogP contribution in [0.5, 0.6) is 0 Å². The summed E-state index contributed by atoms with van der Waals surface area (Å²) in [6, 6.07) is 4.04. The minimum absolute atomic E-state index is 0.0290. The molecule has 7 heteroatoms. The number of hydrogen-bond donors (Lipinski definition) is 1. The van der Waals surface area contributed by atoms with Crippen molar-refractivity contribution in [3.05, 3.63) is 30.1 Å². The van der Waals surface area contributed by atoms with E-state index >= 15 is 0 Å². The summed E-state index contributed by atoms with van der Waals surface area (Å²) < 4.78 is 5.44. The SMILES string of the molecule is CC(C)(C)OC(=O)N1C[C@@H]2C(CCNC(=O)N3CC(c4cccnc4)C3)[C@@H]2C1. The zero-order chi connectivity index (χ0) is 19.9. The van der Waals surface area contributed by atoms with Crippen molar-refractivity contribution in [2.75, 3.05) is 32.7 Å². The topological polar surface area (TPSA) is 74.8 Å². The molecule has 0 aromatic carbocycles. The van der Waals surface area contributed by atoms with E-state index in [0.29, 0.717) is 30.2 Å². The summed E-state index contributed by atoms with van der Waals surface area (Å²) >= 11 is 0. The van der Waals surface area contributed by atoms with Gasteiger partial charge in [-0.3, -0.25) is 4.98 Å². The van der Waals surface area contributed by atoms with Gasteiger partial charge < -0.3 is 19.9 Å². The van der Waals surface area contributed by atoms with E-state index in [0.717, 1.165) is 32.6 Å². The Kier molecular flexibility index (Phi) is 4.93. The molecule has 0 bridgehead atoms. The van der Waals surface area contributed by atoms with E-state index in [9.17, 15) is 9.59 Å². The Bertz CT molecular complexity index is 715. The molecule has 4 rings (SSSR count). The fraction of sp³-hybridized carbons (Fsp3) is 0.667. The lowest BCUT2D eigenvalue weighted by Crippen LogP contribution is -2.52. The Morgan fingerprint density at radius 2 is 1.89 bits per heavy atom. The van der Waals surface area contributed by atoms with E-state index in [-0.39, 0.29) is 12.1 Å². The fourth-order valence-corrected chi connectivity index (χ4v) is 4.48. The van der Waals surface area contributed by atoms with Crippen molar-refractivity contribution in [2.45, 2.75) is 38.7 Å². The molecule has 2 saturated heterocycles. The van der Waals surface area contributed by atoms with Gasteiger partial charge in [-0.05, 0) is 56.6 Å². The van der Waals surface area contributed by atoms with Gasteiger partial charge in [-0.2, -0.15) is 0 Å². The van der Waals surface area contributed by atoms with Crippen molar-refractivity contribution in [3.63, 3.8) is 0 Å². The first-order valence-electron chi connectivity index (χ1n) is 10.2. The number of piperidine rings is 1. The van der Waals surface area contributed by atoms with Crippen LogP contribution >= 0.6 is 0 Å². The number of pyridine rings is 1. The van der Waals surface area contributed by atoms with E-state index in [1.54, 1.807) is 6.20 Å². The van der Waals surface area contributed by atoms with Gasteiger partial charge in [0.2, 0.25) is 0 Å². The van der Waals surface area contributed by atoms with Gasteiger partial charge >= 0.3 is 12.1 Å². The molecule has 1 aromatic rings. The fourth-order valence-electron chi connectivity index (χ4n) is 4.48. The van der Waals surface area contributed by atoms with Crippen LogP contribution in [0.25, 0.3) is 0 Å². The summed E-state index contributed by atoms with van der Waals surface area (Å²) in [5.74, 6) is 2.17. The van der Waals surface area contributed by atoms with E-state index in [2.05, 4.69) is 16.4 Å². The number of hydrogen-bond acceptors (Lipinski definition) is 4. The molecule has 1 aliphatic carbocycles. The molecule has 3 amide bonds. The normalized spacial score (nSPS) is 26.5. The molecule has 1 unspecified atom stereocenters. The van der Waals surface area contributed by atoms with Gasteiger partial charge in [-0.25, -0.2) is 9.59 Å². The lowest BCUT2D eigenvalue weighted by molar-refractivity contribution is 0.0265. The maximum Gasteiger partial charge on any atom is 0.410 e. The largest absolute Gasteiger partial charge is 0.444 e. The number of carbonyl (C=O) groups excluding carboxylic acids is 2. The third-order valence-electron chi connectivity index (χ3n) is 6.10. The van der Waals surface area contributed by atoms with Crippen molar-refractivity contribution in [3.8, 4) is 0 Å². The molecule has 0 spiro atoms. The summed E-state index contributed by atoms with van der Waals surface area (Å²) in [5.41, 5.74) is 0.757. The highest BCUT2D eigenvalue weighted by molar-refractivity contribution is 5.75. The molecule has 2 aliphatic heterocycles. The molecule has 1 saturated carbocycles. The highest BCUT2D eigenvalue weighted by atomic mass is 16.6. The number of rotatable bonds is 4. The number of nitrogens with one attached hydrogen (secondary N) is 1. The van der Waals surface area contributed by atoms with Gasteiger partial charge in [0.15, 0.2) is 0 Å². The Hall–Kier alpha value is -2.31. The maximum atomic E-state index is 12.3. The van der Waals surface area contributed by atoms with E-state index in [1.807, 2.05) is 42.8 Å². The summed E-state index contributed by atoms with van der Waals surface area (Å²) in [4.78, 5) is 32.2. The zero-order valence-corrected chi connectivity index (χ0v) is 16.9. The van der Waals surface area contributed by atoms with E-state index in [4.69, 9.17) is 4.74 Å². The highest BCUT2D eigenvalue weighted by Crippen LogP contribution is 2.53. The van der Waals surface area contributed by atoms with Crippen LogP contribution in [-0.2, 0) is 4.74 Å². The van der Waals surface area contributed by atoms with Gasteiger partial charge in [0, 0.05) is 51.0 Å². The summed E-state index contributed by atoms with van der Waals surface area (Å²) in [6.45, 7) is 9.48. The van der Waals surface area contributed by atoms with Crippen LogP contribution < -0.4 is 5.32 Å². The van der Waals surface area contributed by atoms with Gasteiger partial charge in [-0.15, -0.1) is 0 Å². The van der Waals surface area contributed by atoms with Gasteiger partial charge in [-0.1, -0.05) is 6.07 Å². The summed E-state index contributed by atoms with van der Waals surface area (Å²) in [6.07, 6.45) is 4.44. The first kappa shape index (κ1) is 19.0. The van der Waals surface area contributed by atoms with Crippen molar-refractivity contribution in [1.82, 2.24) is 20.1 Å². The second kappa shape index (κ2) is 7.26. The predicted molar refractivity (Wildman–Crippen MR) is 105 cm³/mol. The first-order chi connectivity index (χ1) is 13.3.